The Morgan fingerprint density at radius 3 is 2.20 bits per heavy atom. The molecule has 0 amide bonds. The van der Waals surface area contributed by atoms with E-state index in [2.05, 4.69) is 0 Å². The summed E-state index contributed by atoms with van der Waals surface area (Å²) in [6, 6.07) is -0.210. The topological polar surface area (TPSA) is 46.6 Å². The minimum absolute atomic E-state index is 0.129. The first kappa shape index (κ1) is 16.9. The Morgan fingerprint density at radius 2 is 1.80 bits per heavy atom. The van der Waals surface area contributed by atoms with Crippen LogP contribution < -0.4 is 0 Å². The maximum Gasteiger partial charge on any atom is 0.401 e. The molecule has 0 bridgehead atoms. The van der Waals surface area contributed by atoms with Gasteiger partial charge in [-0.2, -0.15) is 13.2 Å². The standard InChI is InChI=1S/C13H20F3NO3/c1-4-20-11(19)12(2,3)10(18)7-17(9-5-6-9)8-13(14,15)16/h9H,4-8H2,1-3H3. The van der Waals surface area contributed by atoms with Crippen LogP contribution >= 0.6 is 0 Å². The van der Waals surface area contributed by atoms with Gasteiger partial charge in [-0.05, 0) is 33.6 Å². The van der Waals surface area contributed by atoms with Gasteiger partial charge in [0.25, 0.3) is 0 Å². The summed E-state index contributed by atoms with van der Waals surface area (Å²) in [4.78, 5) is 24.9. The number of rotatable bonds is 7. The molecule has 20 heavy (non-hydrogen) atoms. The highest BCUT2D eigenvalue weighted by atomic mass is 19.4. The van der Waals surface area contributed by atoms with Gasteiger partial charge in [0.1, 0.15) is 5.41 Å². The van der Waals surface area contributed by atoms with Crippen molar-refractivity contribution in [2.45, 2.75) is 45.8 Å². The molecule has 4 nitrogen and oxygen atoms in total. The lowest BCUT2D eigenvalue weighted by molar-refractivity contribution is -0.160. The van der Waals surface area contributed by atoms with E-state index in [0.717, 1.165) is 4.90 Å². The van der Waals surface area contributed by atoms with E-state index in [4.69, 9.17) is 4.74 Å². The van der Waals surface area contributed by atoms with Crippen molar-refractivity contribution in [3.63, 3.8) is 0 Å². The summed E-state index contributed by atoms with van der Waals surface area (Å²) < 4.78 is 42.2. The summed E-state index contributed by atoms with van der Waals surface area (Å²) in [5, 5.41) is 0. The van der Waals surface area contributed by atoms with Gasteiger partial charge in [-0.25, -0.2) is 0 Å². The van der Waals surface area contributed by atoms with Crippen molar-refractivity contribution in [3.8, 4) is 0 Å². The molecule has 0 aliphatic heterocycles. The maximum absolute atomic E-state index is 12.5. The number of alkyl halides is 3. The average molecular weight is 295 g/mol. The van der Waals surface area contributed by atoms with E-state index in [1.165, 1.54) is 13.8 Å². The lowest BCUT2D eigenvalue weighted by atomic mass is 9.87. The lowest BCUT2D eigenvalue weighted by Crippen LogP contribution is -2.45. The first-order chi connectivity index (χ1) is 9.08. The number of halogens is 3. The molecule has 0 atom stereocenters. The molecule has 0 aromatic heterocycles. The quantitative estimate of drug-likeness (QED) is 0.533. The monoisotopic (exact) mass is 295 g/mol. The van der Waals surface area contributed by atoms with Crippen molar-refractivity contribution >= 4 is 11.8 Å². The Hall–Kier alpha value is -1.11. The van der Waals surface area contributed by atoms with Crippen LogP contribution in [0.2, 0.25) is 0 Å². The molecule has 0 aromatic carbocycles. The summed E-state index contributed by atoms with van der Waals surface area (Å²) in [6.07, 6.45) is -3.04. The normalized spacial score (nSPS) is 16.4. The van der Waals surface area contributed by atoms with Gasteiger partial charge in [0, 0.05) is 6.04 Å². The third-order valence-electron chi connectivity index (χ3n) is 3.28. The molecule has 0 aromatic rings. The molecule has 0 unspecified atom stereocenters. The van der Waals surface area contributed by atoms with E-state index in [9.17, 15) is 22.8 Å². The number of carbonyl (C=O) groups excluding carboxylic acids is 2. The zero-order chi connectivity index (χ0) is 15.6. The van der Waals surface area contributed by atoms with Crippen molar-refractivity contribution in [3.05, 3.63) is 0 Å². The Balaban J connectivity index is 2.68. The van der Waals surface area contributed by atoms with Crippen LogP contribution in [0.1, 0.15) is 33.6 Å². The van der Waals surface area contributed by atoms with Gasteiger partial charge in [-0.1, -0.05) is 0 Å². The molecule has 0 saturated heterocycles. The molecular formula is C13H20F3NO3. The molecule has 1 aliphatic rings. The van der Waals surface area contributed by atoms with E-state index in [0.29, 0.717) is 12.8 Å². The van der Waals surface area contributed by atoms with Crippen molar-refractivity contribution < 1.29 is 27.5 Å². The number of hydrogen-bond donors (Lipinski definition) is 0. The predicted molar refractivity (Wildman–Crippen MR) is 66.1 cm³/mol. The first-order valence-electron chi connectivity index (χ1n) is 6.59. The van der Waals surface area contributed by atoms with Crippen LogP contribution in [0.25, 0.3) is 0 Å². The van der Waals surface area contributed by atoms with E-state index in [-0.39, 0.29) is 19.2 Å². The average Bonchev–Trinajstić information content (AvgIpc) is 3.10. The predicted octanol–water partition coefficient (Wildman–Crippen LogP) is 2.17. The van der Waals surface area contributed by atoms with Gasteiger partial charge >= 0.3 is 12.1 Å². The largest absolute Gasteiger partial charge is 0.465 e. The molecule has 1 rings (SSSR count). The molecule has 7 heteroatoms. The second kappa shape index (κ2) is 6.11. The zero-order valence-corrected chi connectivity index (χ0v) is 11.9. The fourth-order valence-corrected chi connectivity index (χ4v) is 1.79. The van der Waals surface area contributed by atoms with Crippen LogP contribution in [0.15, 0.2) is 0 Å². The molecule has 1 fully saturated rings. The summed E-state index contributed by atoms with van der Waals surface area (Å²) in [6.45, 7) is 3.00. The van der Waals surface area contributed by atoms with Crippen LogP contribution in [-0.2, 0) is 14.3 Å². The Kier molecular flexibility index (Phi) is 5.18. The van der Waals surface area contributed by atoms with E-state index < -0.39 is 29.9 Å². The zero-order valence-electron chi connectivity index (χ0n) is 11.9. The molecule has 116 valence electrons. The Bertz CT molecular complexity index is 376. The van der Waals surface area contributed by atoms with Gasteiger partial charge in [0.2, 0.25) is 0 Å². The van der Waals surface area contributed by atoms with Crippen LogP contribution in [-0.4, -0.2) is 48.6 Å². The summed E-state index contributed by atoms with van der Waals surface area (Å²) in [7, 11) is 0. The molecule has 0 heterocycles. The van der Waals surface area contributed by atoms with Crippen molar-refractivity contribution in [1.29, 1.82) is 0 Å². The SMILES string of the molecule is CCOC(=O)C(C)(C)C(=O)CN(CC(F)(F)F)C1CC1. The first-order valence-corrected chi connectivity index (χ1v) is 6.59. The highest BCUT2D eigenvalue weighted by molar-refractivity contribution is 6.03. The van der Waals surface area contributed by atoms with Gasteiger partial charge in [-0.3, -0.25) is 14.5 Å². The Labute approximate surface area is 116 Å². The fraction of sp³-hybridized carbons (Fsp3) is 0.846. The lowest BCUT2D eigenvalue weighted by Gasteiger charge is -2.27. The molecule has 1 aliphatic carbocycles. The van der Waals surface area contributed by atoms with Gasteiger partial charge in [0.05, 0.1) is 19.7 Å². The minimum Gasteiger partial charge on any atom is -0.465 e. The highest BCUT2D eigenvalue weighted by Gasteiger charge is 2.43. The number of nitrogens with zero attached hydrogens (tertiary/aromatic N) is 1. The van der Waals surface area contributed by atoms with Gasteiger partial charge in [0.15, 0.2) is 5.78 Å². The second-order valence-corrected chi connectivity index (χ2v) is 5.52. The second-order valence-electron chi connectivity index (χ2n) is 5.52. The number of carbonyl (C=O) groups is 2. The highest BCUT2D eigenvalue weighted by Crippen LogP contribution is 2.31. The third kappa shape index (κ3) is 4.77. The van der Waals surface area contributed by atoms with Crippen molar-refractivity contribution in [2.24, 2.45) is 5.41 Å². The van der Waals surface area contributed by atoms with Crippen LogP contribution in [0.3, 0.4) is 0 Å². The molecular weight excluding hydrogens is 275 g/mol. The number of esters is 1. The summed E-state index contributed by atoms with van der Waals surface area (Å²) in [5.74, 6) is -1.25. The number of Topliss-reactive ketones (excluding diaryl/α,β-unsaturated/α-hetero) is 1. The summed E-state index contributed by atoms with van der Waals surface area (Å²) in [5.41, 5.74) is -1.42. The van der Waals surface area contributed by atoms with Crippen LogP contribution in [0, 0.1) is 5.41 Å². The van der Waals surface area contributed by atoms with Gasteiger partial charge in [-0.15, -0.1) is 0 Å². The van der Waals surface area contributed by atoms with Gasteiger partial charge < -0.3 is 4.74 Å². The fourth-order valence-electron chi connectivity index (χ4n) is 1.79. The smallest absolute Gasteiger partial charge is 0.401 e. The van der Waals surface area contributed by atoms with E-state index in [1.807, 2.05) is 0 Å². The Morgan fingerprint density at radius 1 is 1.25 bits per heavy atom. The minimum atomic E-state index is -4.35. The maximum atomic E-state index is 12.5. The number of hydrogen-bond acceptors (Lipinski definition) is 4. The third-order valence-corrected chi connectivity index (χ3v) is 3.28. The van der Waals surface area contributed by atoms with Crippen LogP contribution in [0.4, 0.5) is 13.2 Å². The summed E-state index contributed by atoms with van der Waals surface area (Å²) >= 11 is 0. The molecule has 0 spiro atoms. The van der Waals surface area contributed by atoms with Crippen LogP contribution in [0.5, 0.6) is 0 Å². The van der Waals surface area contributed by atoms with E-state index >= 15 is 0 Å². The molecule has 0 radical (unpaired) electrons. The number of ether oxygens (including phenoxy) is 1. The number of ketones is 1. The molecule has 0 N–H and O–H groups in total. The van der Waals surface area contributed by atoms with Crippen molar-refractivity contribution in [1.82, 2.24) is 4.90 Å². The molecule has 1 saturated carbocycles. The van der Waals surface area contributed by atoms with E-state index in [1.54, 1.807) is 6.92 Å². The van der Waals surface area contributed by atoms with Crippen molar-refractivity contribution in [2.75, 3.05) is 19.7 Å².